The lowest BCUT2D eigenvalue weighted by atomic mass is 10.1. The van der Waals surface area contributed by atoms with Crippen molar-refractivity contribution in [3.8, 4) is 0 Å². The molecule has 190 valence electrons. The van der Waals surface area contributed by atoms with Gasteiger partial charge < -0.3 is 14.9 Å². The zero-order valence-corrected chi connectivity index (χ0v) is 22.4. The lowest BCUT2D eigenvalue weighted by molar-refractivity contribution is -0.113. The molecule has 6 nitrogen and oxygen atoms in total. The largest absolute Gasteiger partial charge is 0.395 e. The lowest BCUT2D eigenvalue weighted by Gasteiger charge is -2.23. The van der Waals surface area contributed by atoms with Crippen LogP contribution in [0.1, 0.15) is 12.5 Å². The van der Waals surface area contributed by atoms with Gasteiger partial charge in [-0.05, 0) is 85.8 Å². The van der Waals surface area contributed by atoms with Crippen molar-refractivity contribution in [3.63, 3.8) is 0 Å². The molecule has 1 saturated heterocycles. The number of aliphatic hydroxyl groups is 1. The number of aryl methyl sites for hydroxylation is 1. The standard InChI is InChI=1S/C28H27FN4O2S2/c1-4-32(15-16-34)21-13-14-22(18(2)17-21)30-28-33(20-11-9-19(29)10-12-20)26(35)25(37-28)27-31(3)23-7-5-6-8-24(23)36-27/h5-14,17,34H,4,15-16H2,1-3H3/b27-25-,30-28?. The molecule has 5 rings (SSSR count). The summed E-state index contributed by atoms with van der Waals surface area (Å²) in [6.45, 7) is 5.44. The van der Waals surface area contributed by atoms with E-state index in [4.69, 9.17) is 4.99 Å². The van der Waals surface area contributed by atoms with Crippen molar-refractivity contribution in [2.75, 3.05) is 41.4 Å². The molecule has 9 heteroatoms. The molecule has 0 unspecified atom stereocenters. The molecular formula is C28H27FN4O2S2. The first-order valence-corrected chi connectivity index (χ1v) is 13.6. The maximum atomic E-state index is 13.8. The van der Waals surface area contributed by atoms with Crippen molar-refractivity contribution in [2.24, 2.45) is 4.99 Å². The molecule has 3 aromatic carbocycles. The van der Waals surface area contributed by atoms with Crippen LogP contribution in [0.15, 0.2) is 86.6 Å². The second kappa shape index (κ2) is 10.6. The number of rotatable bonds is 6. The number of amides is 1. The summed E-state index contributed by atoms with van der Waals surface area (Å²) in [6, 6.07) is 19.9. The maximum Gasteiger partial charge on any atom is 0.274 e. The zero-order chi connectivity index (χ0) is 26.1. The number of aliphatic imine (C=N–C) groups is 1. The molecule has 0 atom stereocenters. The number of benzene rings is 3. The van der Waals surface area contributed by atoms with E-state index in [0.29, 0.717) is 22.3 Å². The van der Waals surface area contributed by atoms with Crippen LogP contribution in [0.4, 0.5) is 27.1 Å². The van der Waals surface area contributed by atoms with E-state index in [1.54, 1.807) is 28.8 Å². The quantitative estimate of drug-likeness (QED) is 0.384. The topological polar surface area (TPSA) is 59.4 Å². The van der Waals surface area contributed by atoms with Crippen LogP contribution in [0.25, 0.3) is 0 Å². The van der Waals surface area contributed by atoms with Crippen molar-refractivity contribution < 1.29 is 14.3 Å². The number of fused-ring (bicyclic) bond motifs is 1. The Morgan fingerprint density at radius 2 is 1.81 bits per heavy atom. The summed E-state index contributed by atoms with van der Waals surface area (Å²) in [5, 5.41) is 10.7. The van der Waals surface area contributed by atoms with E-state index in [2.05, 4.69) is 4.90 Å². The van der Waals surface area contributed by atoms with Gasteiger partial charge in [0, 0.05) is 30.7 Å². The van der Waals surface area contributed by atoms with Crippen molar-refractivity contribution in [2.45, 2.75) is 18.7 Å². The summed E-state index contributed by atoms with van der Waals surface area (Å²) in [5.41, 5.74) is 4.32. The molecule has 0 saturated carbocycles. The van der Waals surface area contributed by atoms with Crippen LogP contribution < -0.4 is 14.7 Å². The molecule has 0 aromatic heterocycles. The number of carbonyl (C=O) groups excluding carboxylic acids is 1. The average molecular weight is 535 g/mol. The molecule has 37 heavy (non-hydrogen) atoms. The van der Waals surface area contributed by atoms with E-state index in [1.807, 2.05) is 68.3 Å². The summed E-state index contributed by atoms with van der Waals surface area (Å²) in [4.78, 5) is 26.1. The highest BCUT2D eigenvalue weighted by Gasteiger charge is 2.40. The second-order valence-electron chi connectivity index (χ2n) is 8.65. The Morgan fingerprint density at radius 3 is 2.49 bits per heavy atom. The van der Waals surface area contributed by atoms with Crippen LogP contribution in [0, 0.1) is 12.7 Å². The summed E-state index contributed by atoms with van der Waals surface area (Å²) in [6.07, 6.45) is 0. The summed E-state index contributed by atoms with van der Waals surface area (Å²) < 4.78 is 13.7. The molecule has 1 amide bonds. The molecule has 1 fully saturated rings. The molecule has 1 N–H and O–H groups in total. The van der Waals surface area contributed by atoms with Gasteiger partial charge in [0.1, 0.15) is 10.7 Å². The van der Waals surface area contributed by atoms with Crippen LogP contribution in [-0.2, 0) is 4.79 Å². The molecule has 3 aromatic rings. The van der Waals surface area contributed by atoms with E-state index in [1.165, 1.54) is 23.9 Å². The molecule has 2 heterocycles. The van der Waals surface area contributed by atoms with Crippen molar-refractivity contribution in [1.82, 2.24) is 0 Å². The number of likely N-dealkylation sites (N-methyl/N-ethyl adjacent to an activating group) is 1. The van der Waals surface area contributed by atoms with Gasteiger partial charge in [-0.3, -0.25) is 9.69 Å². The minimum absolute atomic E-state index is 0.0795. The number of aliphatic hydroxyl groups excluding tert-OH is 1. The Morgan fingerprint density at radius 1 is 1.05 bits per heavy atom. The Labute approximate surface area is 224 Å². The van der Waals surface area contributed by atoms with E-state index >= 15 is 0 Å². The highest BCUT2D eigenvalue weighted by atomic mass is 32.2. The summed E-state index contributed by atoms with van der Waals surface area (Å²) >= 11 is 2.90. The first-order valence-electron chi connectivity index (χ1n) is 12.0. The predicted molar refractivity (Wildman–Crippen MR) is 152 cm³/mol. The first kappa shape index (κ1) is 25.4. The number of halogens is 1. The molecule has 0 aliphatic carbocycles. The summed E-state index contributed by atoms with van der Waals surface area (Å²) in [7, 11) is 1.96. The fourth-order valence-electron chi connectivity index (χ4n) is 4.35. The molecular weight excluding hydrogens is 507 g/mol. The monoisotopic (exact) mass is 534 g/mol. The second-order valence-corrected chi connectivity index (χ2v) is 10.7. The smallest absolute Gasteiger partial charge is 0.274 e. The van der Waals surface area contributed by atoms with Gasteiger partial charge in [-0.25, -0.2) is 9.38 Å². The van der Waals surface area contributed by atoms with Crippen LogP contribution in [-0.4, -0.2) is 42.9 Å². The third kappa shape index (κ3) is 4.86. The Bertz CT molecular complexity index is 1410. The van der Waals surface area contributed by atoms with Crippen molar-refractivity contribution >= 4 is 57.3 Å². The van der Waals surface area contributed by atoms with Crippen LogP contribution in [0.2, 0.25) is 0 Å². The third-order valence-corrected chi connectivity index (χ3v) is 8.71. The number of hydrogen-bond acceptors (Lipinski definition) is 7. The Hall–Kier alpha value is -3.27. The molecule has 2 aliphatic rings. The fraction of sp³-hybridized carbons (Fsp3) is 0.214. The van der Waals surface area contributed by atoms with Crippen LogP contribution >= 0.6 is 23.5 Å². The van der Waals surface area contributed by atoms with E-state index in [-0.39, 0.29) is 18.3 Å². The summed E-state index contributed by atoms with van der Waals surface area (Å²) in [5.74, 6) is -0.552. The van der Waals surface area contributed by atoms with Gasteiger partial charge in [0.25, 0.3) is 5.91 Å². The third-order valence-electron chi connectivity index (χ3n) is 6.31. The Balaban J connectivity index is 1.56. The lowest BCUT2D eigenvalue weighted by Crippen LogP contribution is -2.29. The van der Waals surface area contributed by atoms with Gasteiger partial charge in [-0.15, -0.1) is 0 Å². The van der Waals surface area contributed by atoms with Crippen LogP contribution in [0.3, 0.4) is 0 Å². The number of anilines is 3. The van der Waals surface area contributed by atoms with Gasteiger partial charge in [0.05, 0.1) is 28.7 Å². The highest BCUT2D eigenvalue weighted by Crippen LogP contribution is 2.50. The molecule has 0 bridgehead atoms. The highest BCUT2D eigenvalue weighted by molar-refractivity contribution is 8.20. The van der Waals surface area contributed by atoms with Gasteiger partial charge in [-0.1, -0.05) is 23.9 Å². The minimum Gasteiger partial charge on any atom is -0.395 e. The maximum absolute atomic E-state index is 13.8. The molecule has 2 aliphatic heterocycles. The van der Waals surface area contributed by atoms with Gasteiger partial charge >= 0.3 is 0 Å². The number of para-hydroxylation sites is 1. The zero-order valence-electron chi connectivity index (χ0n) is 20.8. The van der Waals surface area contributed by atoms with E-state index < -0.39 is 0 Å². The predicted octanol–water partition coefficient (Wildman–Crippen LogP) is 6.13. The Kier molecular flexibility index (Phi) is 7.28. The van der Waals surface area contributed by atoms with E-state index in [9.17, 15) is 14.3 Å². The number of amidine groups is 1. The van der Waals surface area contributed by atoms with Crippen LogP contribution in [0.5, 0.6) is 0 Å². The van der Waals surface area contributed by atoms with Gasteiger partial charge in [-0.2, -0.15) is 0 Å². The van der Waals surface area contributed by atoms with Gasteiger partial charge in [0.15, 0.2) is 5.17 Å². The van der Waals surface area contributed by atoms with E-state index in [0.717, 1.165) is 39.1 Å². The normalized spacial score (nSPS) is 18.2. The first-order chi connectivity index (χ1) is 17.9. The average Bonchev–Trinajstić information content (AvgIpc) is 3.40. The number of hydrogen-bond donors (Lipinski definition) is 1. The van der Waals surface area contributed by atoms with Crippen molar-refractivity contribution in [3.05, 3.63) is 88.0 Å². The SMILES string of the molecule is CCN(CCO)c1ccc(N=C2S/C(=C3\Sc4ccccc4N3C)C(=O)N2c2ccc(F)cc2)c(C)c1. The van der Waals surface area contributed by atoms with Gasteiger partial charge in [0.2, 0.25) is 0 Å². The van der Waals surface area contributed by atoms with Crippen molar-refractivity contribution in [1.29, 1.82) is 0 Å². The molecule has 0 radical (unpaired) electrons. The molecule has 0 spiro atoms. The fourth-order valence-corrected chi connectivity index (χ4v) is 6.69. The minimum atomic E-state index is -0.364. The number of nitrogens with zero attached hydrogens (tertiary/aromatic N) is 4. The number of thioether (sulfide) groups is 2. The number of carbonyl (C=O) groups is 1.